The van der Waals surface area contributed by atoms with E-state index in [1.54, 1.807) is 0 Å². The van der Waals surface area contributed by atoms with E-state index >= 15 is 0 Å². The molecule has 0 saturated heterocycles. The van der Waals surface area contributed by atoms with Gasteiger partial charge in [0.25, 0.3) is 0 Å². The molecule has 2 aromatic rings. The minimum absolute atomic E-state index is 0.643. The van der Waals surface area contributed by atoms with E-state index in [4.69, 9.17) is 0 Å². The topological polar surface area (TPSA) is 12.9 Å². The molecule has 0 aliphatic rings. The van der Waals surface area contributed by atoms with Gasteiger partial charge in [0.1, 0.15) is 0 Å². The molecule has 0 fully saturated rings. The Kier molecular flexibility index (Phi) is 3.11. The fraction of sp³-hybridized carbons (Fsp3) is 0.214. The Morgan fingerprint density at radius 1 is 0.889 bits per heavy atom. The molecule has 0 atom stereocenters. The van der Waals surface area contributed by atoms with E-state index in [1.165, 1.54) is 12.1 Å². The van der Waals surface area contributed by atoms with Crippen LogP contribution in [0, 0.1) is 13.8 Å². The van der Waals surface area contributed by atoms with Crippen LogP contribution in [-0.4, -0.2) is 4.98 Å². The largest absolute Gasteiger partial charge is 0.416 e. The highest BCUT2D eigenvalue weighted by atomic mass is 19.4. The van der Waals surface area contributed by atoms with Gasteiger partial charge in [0, 0.05) is 11.3 Å². The molecular weight excluding hydrogens is 239 g/mol. The fourth-order valence-corrected chi connectivity index (χ4v) is 1.62. The van der Waals surface area contributed by atoms with E-state index in [2.05, 4.69) is 4.98 Å². The highest BCUT2D eigenvalue weighted by Crippen LogP contribution is 2.30. The molecule has 1 aromatic carbocycles. The van der Waals surface area contributed by atoms with Gasteiger partial charge >= 0.3 is 6.18 Å². The smallest absolute Gasteiger partial charge is 0.253 e. The molecule has 4 heteroatoms. The third-order valence-electron chi connectivity index (χ3n) is 2.86. The van der Waals surface area contributed by atoms with Gasteiger partial charge in [0.05, 0.1) is 11.3 Å². The number of pyridine rings is 1. The maximum Gasteiger partial charge on any atom is 0.416 e. The zero-order valence-electron chi connectivity index (χ0n) is 10.0. The van der Waals surface area contributed by atoms with E-state index < -0.39 is 11.7 Å². The standard InChI is InChI=1S/C14H12F3N/c1-9-3-8-13(18-10(9)2)11-4-6-12(7-5-11)14(15,16)17/h3-8H,1-2H3. The van der Waals surface area contributed by atoms with Crippen molar-refractivity contribution in [3.8, 4) is 11.3 Å². The van der Waals surface area contributed by atoms with Crippen LogP contribution in [0.15, 0.2) is 36.4 Å². The Balaban J connectivity index is 2.37. The third-order valence-corrected chi connectivity index (χ3v) is 2.86. The lowest BCUT2D eigenvalue weighted by Gasteiger charge is -2.08. The number of aryl methyl sites for hydroxylation is 2. The highest BCUT2D eigenvalue weighted by molar-refractivity contribution is 5.60. The summed E-state index contributed by atoms with van der Waals surface area (Å²) in [6.45, 7) is 3.82. The number of hydrogen-bond acceptors (Lipinski definition) is 1. The summed E-state index contributed by atoms with van der Waals surface area (Å²) in [5.41, 5.74) is 2.67. The molecule has 1 heterocycles. The average molecular weight is 251 g/mol. The predicted molar refractivity (Wildman–Crippen MR) is 64.1 cm³/mol. The van der Waals surface area contributed by atoms with Crippen LogP contribution in [0.25, 0.3) is 11.3 Å². The van der Waals surface area contributed by atoms with Crippen LogP contribution in [-0.2, 0) is 6.18 Å². The average Bonchev–Trinajstić information content (AvgIpc) is 2.32. The van der Waals surface area contributed by atoms with Crippen molar-refractivity contribution in [1.29, 1.82) is 0 Å². The Bertz CT molecular complexity index is 556. The van der Waals surface area contributed by atoms with Crippen LogP contribution >= 0.6 is 0 Å². The monoisotopic (exact) mass is 251 g/mol. The first-order valence-corrected chi connectivity index (χ1v) is 5.50. The summed E-state index contributed by atoms with van der Waals surface area (Å²) < 4.78 is 37.3. The molecule has 2 rings (SSSR count). The van der Waals surface area contributed by atoms with Crippen LogP contribution in [0.3, 0.4) is 0 Å². The molecular formula is C14H12F3N. The summed E-state index contributed by atoms with van der Waals surface area (Å²) in [6, 6.07) is 8.76. The lowest BCUT2D eigenvalue weighted by Crippen LogP contribution is -2.04. The quantitative estimate of drug-likeness (QED) is 0.732. The van der Waals surface area contributed by atoms with Crippen molar-refractivity contribution in [2.24, 2.45) is 0 Å². The Morgan fingerprint density at radius 2 is 1.50 bits per heavy atom. The van der Waals surface area contributed by atoms with E-state index in [9.17, 15) is 13.2 Å². The summed E-state index contributed by atoms with van der Waals surface area (Å²) in [6.07, 6.45) is -4.30. The van der Waals surface area contributed by atoms with Crippen LogP contribution in [0.1, 0.15) is 16.8 Å². The normalized spacial score (nSPS) is 11.6. The molecule has 94 valence electrons. The molecule has 1 aromatic heterocycles. The third kappa shape index (κ3) is 2.53. The second kappa shape index (κ2) is 4.44. The molecule has 0 N–H and O–H groups in total. The van der Waals surface area contributed by atoms with Crippen molar-refractivity contribution < 1.29 is 13.2 Å². The lowest BCUT2D eigenvalue weighted by molar-refractivity contribution is -0.137. The molecule has 0 radical (unpaired) electrons. The molecule has 0 amide bonds. The zero-order chi connectivity index (χ0) is 13.3. The van der Waals surface area contributed by atoms with Gasteiger partial charge in [-0.1, -0.05) is 18.2 Å². The first-order valence-electron chi connectivity index (χ1n) is 5.50. The van der Waals surface area contributed by atoms with Gasteiger partial charge in [-0.2, -0.15) is 13.2 Å². The SMILES string of the molecule is Cc1ccc(-c2ccc(C(F)(F)F)cc2)nc1C. The van der Waals surface area contributed by atoms with E-state index in [-0.39, 0.29) is 0 Å². The minimum atomic E-state index is -4.30. The first kappa shape index (κ1) is 12.6. The van der Waals surface area contributed by atoms with Gasteiger partial charge in [0.2, 0.25) is 0 Å². The fourth-order valence-electron chi connectivity index (χ4n) is 1.62. The second-order valence-electron chi connectivity index (χ2n) is 4.17. The minimum Gasteiger partial charge on any atom is -0.253 e. The lowest BCUT2D eigenvalue weighted by atomic mass is 10.1. The zero-order valence-corrected chi connectivity index (χ0v) is 10.0. The van der Waals surface area contributed by atoms with Crippen molar-refractivity contribution in [3.63, 3.8) is 0 Å². The van der Waals surface area contributed by atoms with Gasteiger partial charge in [-0.3, -0.25) is 4.98 Å². The van der Waals surface area contributed by atoms with Gasteiger partial charge in [-0.05, 0) is 37.6 Å². The number of benzene rings is 1. The summed E-state index contributed by atoms with van der Waals surface area (Å²) in [7, 11) is 0. The molecule has 18 heavy (non-hydrogen) atoms. The number of halogens is 3. The summed E-state index contributed by atoms with van der Waals surface area (Å²) >= 11 is 0. The van der Waals surface area contributed by atoms with Crippen LogP contribution < -0.4 is 0 Å². The number of rotatable bonds is 1. The number of alkyl halides is 3. The van der Waals surface area contributed by atoms with Gasteiger partial charge < -0.3 is 0 Å². The molecule has 0 bridgehead atoms. The summed E-state index contributed by atoms with van der Waals surface area (Å²) in [5, 5.41) is 0. The van der Waals surface area contributed by atoms with Crippen LogP contribution in [0.4, 0.5) is 13.2 Å². The second-order valence-corrected chi connectivity index (χ2v) is 4.17. The molecule has 0 aliphatic carbocycles. The van der Waals surface area contributed by atoms with Crippen molar-refractivity contribution in [1.82, 2.24) is 4.98 Å². The summed E-state index contributed by atoms with van der Waals surface area (Å²) in [5.74, 6) is 0. The van der Waals surface area contributed by atoms with Gasteiger partial charge in [-0.25, -0.2) is 0 Å². The van der Waals surface area contributed by atoms with Crippen LogP contribution in [0.5, 0.6) is 0 Å². The Hall–Kier alpha value is -1.84. The van der Waals surface area contributed by atoms with Crippen LogP contribution in [0.2, 0.25) is 0 Å². The molecule has 0 aliphatic heterocycles. The maximum atomic E-state index is 12.4. The molecule has 0 spiro atoms. The van der Waals surface area contributed by atoms with Gasteiger partial charge in [-0.15, -0.1) is 0 Å². The number of hydrogen-bond donors (Lipinski definition) is 0. The van der Waals surface area contributed by atoms with Crippen molar-refractivity contribution in [2.75, 3.05) is 0 Å². The van der Waals surface area contributed by atoms with Crippen molar-refractivity contribution >= 4 is 0 Å². The first-order chi connectivity index (χ1) is 8.38. The van der Waals surface area contributed by atoms with Crippen molar-refractivity contribution in [2.45, 2.75) is 20.0 Å². The number of aromatic nitrogens is 1. The Morgan fingerprint density at radius 3 is 2.00 bits per heavy atom. The van der Waals surface area contributed by atoms with Gasteiger partial charge in [0.15, 0.2) is 0 Å². The van der Waals surface area contributed by atoms with E-state index in [0.717, 1.165) is 23.4 Å². The van der Waals surface area contributed by atoms with Crippen molar-refractivity contribution in [3.05, 3.63) is 53.2 Å². The molecule has 1 nitrogen and oxygen atoms in total. The maximum absolute atomic E-state index is 12.4. The summed E-state index contributed by atoms with van der Waals surface area (Å²) in [4.78, 5) is 4.35. The molecule has 0 unspecified atom stereocenters. The Labute approximate surface area is 103 Å². The van der Waals surface area contributed by atoms with E-state index in [0.29, 0.717) is 11.3 Å². The predicted octanol–water partition coefficient (Wildman–Crippen LogP) is 4.38. The molecule has 0 saturated carbocycles. The van der Waals surface area contributed by atoms with E-state index in [1.807, 2.05) is 26.0 Å². The highest BCUT2D eigenvalue weighted by Gasteiger charge is 2.29. The number of nitrogens with zero attached hydrogens (tertiary/aromatic N) is 1.